The molecule has 0 unspecified atom stereocenters. The highest BCUT2D eigenvalue weighted by Gasteiger charge is 2.34. The van der Waals surface area contributed by atoms with Gasteiger partial charge in [-0.15, -0.1) is 0 Å². The van der Waals surface area contributed by atoms with E-state index >= 15 is 0 Å². The molecule has 0 aromatic heterocycles. The van der Waals surface area contributed by atoms with E-state index in [1.807, 2.05) is 0 Å². The number of aromatic carboxylic acids is 1. The monoisotopic (exact) mass is 277 g/mol. The fourth-order valence-corrected chi connectivity index (χ4v) is 1.93. The second-order valence-corrected chi connectivity index (χ2v) is 4.76. The second kappa shape index (κ2) is 5.73. The fourth-order valence-electron chi connectivity index (χ4n) is 1.93. The van der Waals surface area contributed by atoms with Crippen LogP contribution < -0.4 is 4.90 Å². The van der Waals surface area contributed by atoms with Gasteiger partial charge in [0.15, 0.2) is 0 Å². The first-order valence-electron chi connectivity index (χ1n) is 6.35. The molecule has 20 heavy (non-hydrogen) atoms. The van der Waals surface area contributed by atoms with E-state index in [2.05, 4.69) is 0 Å². The van der Waals surface area contributed by atoms with E-state index in [4.69, 9.17) is 10.2 Å². The highest BCUT2D eigenvalue weighted by Crippen LogP contribution is 2.33. The van der Waals surface area contributed by atoms with Crippen LogP contribution in [0.3, 0.4) is 0 Å². The normalized spacial score (nSPS) is 13.8. The van der Waals surface area contributed by atoms with Gasteiger partial charge in [0.1, 0.15) is 0 Å². The number of carboxylic acids is 2. The van der Waals surface area contributed by atoms with E-state index in [0.717, 1.165) is 12.8 Å². The molecule has 2 N–H and O–H groups in total. The van der Waals surface area contributed by atoms with Crippen molar-refractivity contribution >= 4 is 23.5 Å². The number of hydrogen-bond acceptors (Lipinski definition) is 3. The second-order valence-electron chi connectivity index (χ2n) is 4.76. The van der Waals surface area contributed by atoms with Crippen molar-refractivity contribution < 1.29 is 24.6 Å². The van der Waals surface area contributed by atoms with Crippen molar-refractivity contribution in [2.75, 3.05) is 11.4 Å². The number of amides is 1. The lowest BCUT2D eigenvalue weighted by Gasteiger charge is -2.22. The highest BCUT2D eigenvalue weighted by atomic mass is 16.4. The van der Waals surface area contributed by atoms with Crippen LogP contribution in [-0.4, -0.2) is 34.6 Å². The van der Waals surface area contributed by atoms with Gasteiger partial charge in [0.25, 0.3) is 0 Å². The van der Waals surface area contributed by atoms with Crippen molar-refractivity contribution in [2.45, 2.75) is 19.3 Å². The van der Waals surface area contributed by atoms with E-state index in [0.29, 0.717) is 5.69 Å². The van der Waals surface area contributed by atoms with Crippen LogP contribution >= 0.6 is 0 Å². The third kappa shape index (κ3) is 3.34. The van der Waals surface area contributed by atoms with E-state index in [9.17, 15) is 14.4 Å². The fraction of sp³-hybridized carbons (Fsp3) is 0.357. The summed E-state index contributed by atoms with van der Waals surface area (Å²) in [5.74, 6) is -2.26. The molecule has 6 heteroatoms. The van der Waals surface area contributed by atoms with Crippen molar-refractivity contribution in [1.82, 2.24) is 0 Å². The van der Waals surface area contributed by atoms with E-state index in [1.54, 1.807) is 12.1 Å². The van der Waals surface area contributed by atoms with E-state index < -0.39 is 11.9 Å². The summed E-state index contributed by atoms with van der Waals surface area (Å²) in [5.41, 5.74) is 0.509. The molecule has 0 aliphatic heterocycles. The molecule has 0 bridgehead atoms. The Labute approximate surface area is 115 Å². The van der Waals surface area contributed by atoms with Crippen molar-refractivity contribution in [1.29, 1.82) is 0 Å². The van der Waals surface area contributed by atoms with Gasteiger partial charge in [-0.25, -0.2) is 4.79 Å². The molecule has 1 aromatic rings. The Hall–Kier alpha value is -2.37. The SMILES string of the molecule is O=C(O)CCN(C(=O)C1CC1)c1cccc(C(=O)O)c1. The first kappa shape index (κ1) is 14.0. The van der Waals surface area contributed by atoms with Gasteiger partial charge >= 0.3 is 11.9 Å². The predicted octanol–water partition coefficient (Wildman–Crippen LogP) is 1.60. The Bertz CT molecular complexity index is 550. The van der Waals surface area contributed by atoms with Gasteiger partial charge in [-0.05, 0) is 31.0 Å². The molecule has 0 heterocycles. The summed E-state index contributed by atoms with van der Waals surface area (Å²) in [5, 5.41) is 17.7. The Morgan fingerprint density at radius 1 is 1.20 bits per heavy atom. The summed E-state index contributed by atoms with van der Waals surface area (Å²) >= 11 is 0. The maximum Gasteiger partial charge on any atom is 0.335 e. The highest BCUT2D eigenvalue weighted by molar-refractivity contribution is 5.98. The molecular weight excluding hydrogens is 262 g/mol. The predicted molar refractivity (Wildman–Crippen MR) is 70.7 cm³/mol. The summed E-state index contributed by atoms with van der Waals surface area (Å²) in [6.45, 7) is 0.0493. The maximum atomic E-state index is 12.2. The zero-order valence-corrected chi connectivity index (χ0v) is 10.8. The number of rotatable bonds is 6. The van der Waals surface area contributed by atoms with E-state index in [-0.39, 0.29) is 30.4 Å². The summed E-state index contributed by atoms with van der Waals surface area (Å²) in [7, 11) is 0. The molecule has 106 valence electrons. The molecule has 1 amide bonds. The number of hydrogen-bond donors (Lipinski definition) is 2. The topological polar surface area (TPSA) is 94.9 Å². The van der Waals surface area contributed by atoms with Crippen molar-refractivity contribution in [3.63, 3.8) is 0 Å². The molecule has 6 nitrogen and oxygen atoms in total. The minimum Gasteiger partial charge on any atom is -0.481 e. The molecule has 0 radical (unpaired) electrons. The quantitative estimate of drug-likeness (QED) is 0.823. The third-order valence-electron chi connectivity index (χ3n) is 3.15. The minimum absolute atomic E-state index is 0.0493. The van der Waals surface area contributed by atoms with Crippen molar-refractivity contribution in [2.24, 2.45) is 5.92 Å². The lowest BCUT2D eigenvalue weighted by molar-refractivity contribution is -0.136. The molecule has 1 fully saturated rings. The van der Waals surface area contributed by atoms with Crippen LogP contribution in [0, 0.1) is 5.92 Å². The van der Waals surface area contributed by atoms with Crippen LogP contribution in [0.4, 0.5) is 5.69 Å². The van der Waals surface area contributed by atoms with Gasteiger partial charge in [-0.2, -0.15) is 0 Å². The Morgan fingerprint density at radius 2 is 1.90 bits per heavy atom. The summed E-state index contributed by atoms with van der Waals surface area (Å²) in [4.78, 5) is 35.2. The maximum absolute atomic E-state index is 12.2. The number of carbonyl (C=O) groups is 3. The molecule has 0 spiro atoms. The van der Waals surface area contributed by atoms with Gasteiger partial charge in [0.05, 0.1) is 12.0 Å². The summed E-state index contributed by atoms with van der Waals surface area (Å²) in [6, 6.07) is 5.99. The van der Waals surface area contributed by atoms with Crippen molar-refractivity contribution in [3.05, 3.63) is 29.8 Å². The molecule has 1 aromatic carbocycles. The van der Waals surface area contributed by atoms with Crippen LogP contribution in [0.2, 0.25) is 0 Å². The zero-order chi connectivity index (χ0) is 14.7. The standard InChI is InChI=1S/C14H15NO5/c16-12(17)6-7-15(13(18)9-4-5-9)11-3-1-2-10(8-11)14(19)20/h1-3,8-9H,4-7H2,(H,16,17)(H,19,20). The van der Waals surface area contributed by atoms with Gasteiger partial charge in [-0.3, -0.25) is 9.59 Å². The molecule has 1 aliphatic rings. The minimum atomic E-state index is -1.08. The van der Waals surface area contributed by atoms with Crippen LogP contribution in [0.5, 0.6) is 0 Å². The zero-order valence-electron chi connectivity index (χ0n) is 10.8. The number of anilines is 1. The van der Waals surface area contributed by atoms with E-state index in [1.165, 1.54) is 17.0 Å². The van der Waals surface area contributed by atoms with Crippen LogP contribution in [0.25, 0.3) is 0 Å². The largest absolute Gasteiger partial charge is 0.481 e. The number of benzene rings is 1. The molecule has 1 saturated carbocycles. The van der Waals surface area contributed by atoms with Crippen LogP contribution in [0.15, 0.2) is 24.3 Å². The molecular formula is C14H15NO5. The summed E-state index contributed by atoms with van der Waals surface area (Å²) in [6.07, 6.45) is 1.44. The van der Waals surface area contributed by atoms with Crippen molar-refractivity contribution in [3.8, 4) is 0 Å². The van der Waals surface area contributed by atoms with Crippen LogP contribution in [0.1, 0.15) is 29.6 Å². The number of carboxylic acid groups (broad SMARTS) is 2. The first-order chi connectivity index (χ1) is 9.49. The van der Waals surface area contributed by atoms with Gasteiger partial charge < -0.3 is 15.1 Å². The van der Waals surface area contributed by atoms with Gasteiger partial charge in [0, 0.05) is 18.2 Å². The number of nitrogens with zero attached hydrogens (tertiary/aromatic N) is 1. The number of carbonyl (C=O) groups excluding carboxylic acids is 1. The van der Waals surface area contributed by atoms with Gasteiger partial charge in [-0.1, -0.05) is 6.07 Å². The Morgan fingerprint density at radius 3 is 2.45 bits per heavy atom. The first-order valence-corrected chi connectivity index (χ1v) is 6.35. The lowest BCUT2D eigenvalue weighted by Crippen LogP contribution is -2.34. The molecule has 0 saturated heterocycles. The number of aliphatic carboxylic acids is 1. The Balaban J connectivity index is 2.24. The van der Waals surface area contributed by atoms with Crippen LogP contribution in [-0.2, 0) is 9.59 Å². The Kier molecular flexibility index (Phi) is 4.02. The van der Waals surface area contributed by atoms with Gasteiger partial charge in [0.2, 0.25) is 5.91 Å². The summed E-state index contributed by atoms with van der Waals surface area (Å²) < 4.78 is 0. The average molecular weight is 277 g/mol. The smallest absolute Gasteiger partial charge is 0.335 e. The lowest BCUT2D eigenvalue weighted by atomic mass is 10.1. The third-order valence-corrected chi connectivity index (χ3v) is 3.15. The molecule has 2 rings (SSSR count). The average Bonchev–Trinajstić information content (AvgIpc) is 3.23. The molecule has 1 aliphatic carbocycles. The molecule has 0 atom stereocenters.